The first-order chi connectivity index (χ1) is 5.45. The number of hydrogen-bond donors (Lipinski definition) is 1. The highest BCUT2D eigenvalue weighted by molar-refractivity contribution is 6.28. The Balaban J connectivity index is 3.85. The van der Waals surface area contributed by atoms with E-state index >= 15 is 0 Å². The van der Waals surface area contributed by atoms with E-state index in [1.807, 2.05) is 0 Å². The summed E-state index contributed by atoms with van der Waals surface area (Å²) in [5, 5.41) is 7.95. The van der Waals surface area contributed by atoms with Crippen molar-refractivity contribution in [3.8, 4) is 0 Å². The average molecular weight is 174 g/mol. The Bertz CT molecular complexity index is 214. The molecule has 0 aromatic heterocycles. The van der Waals surface area contributed by atoms with Gasteiger partial charge in [0.25, 0.3) is 0 Å². The Morgan fingerprint density at radius 2 is 1.58 bits per heavy atom. The predicted molar refractivity (Wildman–Crippen MR) is 34.6 cm³/mol. The van der Waals surface area contributed by atoms with Crippen LogP contribution in [0.15, 0.2) is 12.2 Å². The van der Waals surface area contributed by atoms with Crippen molar-refractivity contribution in [2.45, 2.75) is 6.92 Å². The quantitative estimate of drug-likeness (QED) is 0.253. The highest BCUT2D eigenvalue weighted by atomic mass is 17.2. The van der Waals surface area contributed by atoms with Gasteiger partial charge in [0.2, 0.25) is 0 Å². The second-order valence-electron chi connectivity index (χ2n) is 1.83. The second kappa shape index (κ2) is 4.12. The van der Waals surface area contributed by atoms with Crippen LogP contribution in [0.5, 0.6) is 0 Å². The normalized spacial score (nSPS) is 8.42. The third kappa shape index (κ3) is 3.35. The van der Waals surface area contributed by atoms with Gasteiger partial charge in [-0.2, -0.15) is 0 Å². The SMILES string of the molecule is C=C(C)C(=O)OOC(=O)C(=O)O. The van der Waals surface area contributed by atoms with Gasteiger partial charge < -0.3 is 5.11 Å². The maximum atomic E-state index is 10.5. The largest absolute Gasteiger partial charge is 0.473 e. The van der Waals surface area contributed by atoms with Crippen molar-refractivity contribution >= 4 is 17.9 Å². The monoisotopic (exact) mass is 174 g/mol. The lowest BCUT2D eigenvalue weighted by molar-refractivity contribution is -0.255. The minimum absolute atomic E-state index is 0.00631. The highest BCUT2D eigenvalue weighted by Crippen LogP contribution is 1.92. The average Bonchev–Trinajstić information content (AvgIpc) is 1.98. The van der Waals surface area contributed by atoms with Crippen LogP contribution >= 0.6 is 0 Å². The predicted octanol–water partition coefficient (Wildman–Crippen LogP) is -0.351. The van der Waals surface area contributed by atoms with Crippen LogP contribution in [0.3, 0.4) is 0 Å². The molecule has 0 amide bonds. The molecule has 0 fully saturated rings. The molecule has 0 aliphatic carbocycles. The van der Waals surface area contributed by atoms with Crippen LogP contribution in [0.1, 0.15) is 6.92 Å². The lowest BCUT2D eigenvalue weighted by atomic mass is 10.4. The maximum Gasteiger partial charge on any atom is 0.462 e. The molecular formula is C6H6O6. The zero-order chi connectivity index (χ0) is 9.72. The van der Waals surface area contributed by atoms with Gasteiger partial charge in [0.15, 0.2) is 0 Å². The van der Waals surface area contributed by atoms with Crippen molar-refractivity contribution in [2.75, 3.05) is 0 Å². The fourth-order valence-corrected chi connectivity index (χ4v) is 0.182. The van der Waals surface area contributed by atoms with Gasteiger partial charge in [-0.05, 0) is 6.92 Å². The van der Waals surface area contributed by atoms with Gasteiger partial charge in [-0.3, -0.25) is 0 Å². The van der Waals surface area contributed by atoms with E-state index in [-0.39, 0.29) is 5.57 Å². The molecule has 0 rings (SSSR count). The van der Waals surface area contributed by atoms with Crippen molar-refractivity contribution < 1.29 is 29.3 Å². The third-order valence-electron chi connectivity index (χ3n) is 0.716. The van der Waals surface area contributed by atoms with E-state index in [4.69, 9.17) is 5.11 Å². The van der Waals surface area contributed by atoms with Crippen LogP contribution < -0.4 is 0 Å². The molecule has 0 aliphatic rings. The molecule has 0 heterocycles. The van der Waals surface area contributed by atoms with E-state index in [0.717, 1.165) is 0 Å². The topological polar surface area (TPSA) is 89.9 Å². The fourth-order valence-electron chi connectivity index (χ4n) is 0.182. The lowest BCUT2D eigenvalue weighted by Gasteiger charge is -1.98. The van der Waals surface area contributed by atoms with Crippen LogP contribution in [0.25, 0.3) is 0 Å². The maximum absolute atomic E-state index is 10.5. The Morgan fingerprint density at radius 3 is 1.92 bits per heavy atom. The number of carboxylic acids is 1. The van der Waals surface area contributed by atoms with Crippen LogP contribution in [0.2, 0.25) is 0 Å². The molecule has 1 N–H and O–H groups in total. The van der Waals surface area contributed by atoms with Crippen molar-refractivity contribution in [3.63, 3.8) is 0 Å². The Kier molecular flexibility index (Phi) is 3.48. The van der Waals surface area contributed by atoms with Gasteiger partial charge in [0.1, 0.15) is 0 Å². The molecule has 6 heteroatoms. The first-order valence-corrected chi connectivity index (χ1v) is 2.76. The summed E-state index contributed by atoms with van der Waals surface area (Å²) >= 11 is 0. The van der Waals surface area contributed by atoms with Gasteiger partial charge in [0, 0.05) is 5.57 Å². The molecule has 0 aliphatic heterocycles. The number of carbonyl (C=O) groups is 3. The van der Waals surface area contributed by atoms with Gasteiger partial charge in [-0.1, -0.05) is 6.58 Å². The molecule has 0 atom stereocenters. The summed E-state index contributed by atoms with van der Waals surface area (Å²) in [6.45, 7) is 4.48. The summed E-state index contributed by atoms with van der Waals surface area (Å²) in [4.78, 5) is 37.7. The lowest BCUT2D eigenvalue weighted by Crippen LogP contribution is -2.19. The van der Waals surface area contributed by atoms with E-state index < -0.39 is 17.9 Å². The zero-order valence-electron chi connectivity index (χ0n) is 6.20. The molecule has 0 saturated carbocycles. The summed E-state index contributed by atoms with van der Waals surface area (Å²) in [5.74, 6) is -4.50. The molecule has 12 heavy (non-hydrogen) atoms. The standard InChI is InChI=1S/C6H6O6/c1-3(2)5(9)11-12-6(10)4(7)8/h1H2,2H3,(H,7,8). The number of carboxylic acid groups (broad SMARTS) is 1. The van der Waals surface area contributed by atoms with Crippen molar-refractivity contribution in [3.05, 3.63) is 12.2 Å². The van der Waals surface area contributed by atoms with Crippen LogP contribution in [0, 0.1) is 0 Å². The molecule has 0 saturated heterocycles. The van der Waals surface area contributed by atoms with Gasteiger partial charge in [-0.25, -0.2) is 24.2 Å². The Morgan fingerprint density at radius 1 is 1.17 bits per heavy atom. The number of hydrogen-bond acceptors (Lipinski definition) is 5. The molecule has 0 spiro atoms. The van der Waals surface area contributed by atoms with Crippen LogP contribution in [0.4, 0.5) is 0 Å². The smallest absolute Gasteiger partial charge is 0.462 e. The fraction of sp³-hybridized carbons (Fsp3) is 0.167. The molecule has 66 valence electrons. The van der Waals surface area contributed by atoms with E-state index in [9.17, 15) is 14.4 Å². The van der Waals surface area contributed by atoms with E-state index in [2.05, 4.69) is 16.4 Å². The van der Waals surface area contributed by atoms with Crippen molar-refractivity contribution in [2.24, 2.45) is 0 Å². The minimum Gasteiger partial charge on any atom is -0.473 e. The highest BCUT2D eigenvalue weighted by Gasteiger charge is 2.17. The number of aliphatic carboxylic acids is 1. The molecule has 0 bridgehead atoms. The molecule has 6 nitrogen and oxygen atoms in total. The summed E-state index contributed by atoms with van der Waals surface area (Å²) in [7, 11) is 0. The Hall–Kier alpha value is -1.85. The van der Waals surface area contributed by atoms with Gasteiger partial charge in [-0.15, -0.1) is 0 Å². The molecule has 0 radical (unpaired) electrons. The summed E-state index contributed by atoms with van der Waals surface area (Å²) < 4.78 is 0. The summed E-state index contributed by atoms with van der Waals surface area (Å²) in [5.41, 5.74) is -0.00631. The second-order valence-corrected chi connectivity index (χ2v) is 1.83. The van der Waals surface area contributed by atoms with E-state index in [1.165, 1.54) is 6.92 Å². The first kappa shape index (κ1) is 10.2. The molecule has 0 unspecified atom stereocenters. The molecule has 0 aromatic rings. The van der Waals surface area contributed by atoms with Crippen molar-refractivity contribution in [1.29, 1.82) is 0 Å². The Labute approximate surface area is 67.3 Å². The number of rotatable bonds is 1. The van der Waals surface area contributed by atoms with E-state index in [1.54, 1.807) is 0 Å². The summed E-state index contributed by atoms with van der Waals surface area (Å²) in [6, 6.07) is 0. The third-order valence-corrected chi connectivity index (χ3v) is 0.716. The van der Waals surface area contributed by atoms with Crippen LogP contribution in [-0.4, -0.2) is 23.0 Å². The number of carbonyl (C=O) groups excluding carboxylic acids is 2. The van der Waals surface area contributed by atoms with Gasteiger partial charge >= 0.3 is 17.9 Å². The minimum atomic E-state index is -1.84. The summed E-state index contributed by atoms with van der Waals surface area (Å²) in [6.07, 6.45) is 0. The van der Waals surface area contributed by atoms with Crippen LogP contribution in [-0.2, 0) is 24.2 Å². The molecular weight excluding hydrogens is 168 g/mol. The zero-order valence-corrected chi connectivity index (χ0v) is 6.20. The first-order valence-electron chi connectivity index (χ1n) is 2.76. The molecule has 0 aromatic carbocycles. The van der Waals surface area contributed by atoms with Gasteiger partial charge in [0.05, 0.1) is 0 Å². The van der Waals surface area contributed by atoms with Crippen molar-refractivity contribution in [1.82, 2.24) is 0 Å². The van der Waals surface area contributed by atoms with E-state index in [0.29, 0.717) is 0 Å².